The highest BCUT2D eigenvalue weighted by Crippen LogP contribution is 2.37. The molecule has 1 spiro atoms. The van der Waals surface area contributed by atoms with Crippen molar-refractivity contribution in [2.45, 2.75) is 13.8 Å². The number of anilines is 2. The molecule has 0 aliphatic carbocycles. The number of aromatic nitrogens is 3. The van der Waals surface area contributed by atoms with Crippen molar-refractivity contribution < 1.29 is 4.74 Å². The quantitative estimate of drug-likeness (QED) is 0.869. The molecule has 0 saturated carbocycles. The van der Waals surface area contributed by atoms with Gasteiger partial charge in [0, 0.05) is 37.3 Å². The lowest BCUT2D eigenvalue weighted by molar-refractivity contribution is -0.187. The number of rotatable bonds is 4. The smallest absolute Gasteiger partial charge is 0.226 e. The highest BCUT2D eigenvalue weighted by molar-refractivity contribution is 5.89. The summed E-state index contributed by atoms with van der Waals surface area (Å²) in [5.74, 6) is 1.03. The predicted molar refractivity (Wildman–Crippen MR) is 89.4 cm³/mol. The summed E-state index contributed by atoms with van der Waals surface area (Å²) in [5.41, 5.74) is 9.20. The summed E-state index contributed by atoms with van der Waals surface area (Å²) in [6, 6.07) is 2.00. The van der Waals surface area contributed by atoms with E-state index in [0.717, 1.165) is 56.0 Å². The van der Waals surface area contributed by atoms with E-state index >= 15 is 0 Å². The van der Waals surface area contributed by atoms with Gasteiger partial charge in [-0.05, 0) is 25.5 Å². The van der Waals surface area contributed by atoms with Gasteiger partial charge in [-0.3, -0.25) is 0 Å². The molecule has 0 radical (unpaired) electrons. The van der Waals surface area contributed by atoms with Gasteiger partial charge in [0.2, 0.25) is 5.95 Å². The summed E-state index contributed by atoms with van der Waals surface area (Å²) >= 11 is 0. The van der Waals surface area contributed by atoms with Crippen molar-refractivity contribution in [2.24, 2.45) is 5.41 Å². The van der Waals surface area contributed by atoms with Crippen molar-refractivity contribution >= 4 is 22.8 Å². The molecule has 2 aliphatic heterocycles. The first-order valence-corrected chi connectivity index (χ1v) is 8.00. The zero-order chi connectivity index (χ0) is 16.0. The standard InChI is InChI=1S/C16H22N6O/c1-10-5-11(2)19-14-12(10)13(17)20-15(21-14)18-3-4-22-6-16(7-22)8-23-9-16/h5H,3-4,6-9H2,1-2H3,(H3,17,18,19,20,21). The van der Waals surface area contributed by atoms with Gasteiger partial charge >= 0.3 is 0 Å². The van der Waals surface area contributed by atoms with Crippen LogP contribution in [0.25, 0.3) is 11.0 Å². The third-order valence-electron chi connectivity index (χ3n) is 4.67. The average molecular weight is 314 g/mol. The molecule has 2 aromatic heterocycles. The number of hydrogen-bond acceptors (Lipinski definition) is 7. The van der Waals surface area contributed by atoms with Gasteiger partial charge in [-0.1, -0.05) is 0 Å². The van der Waals surface area contributed by atoms with Gasteiger partial charge in [-0.2, -0.15) is 9.97 Å². The van der Waals surface area contributed by atoms with Crippen molar-refractivity contribution in [1.82, 2.24) is 19.9 Å². The number of likely N-dealkylation sites (tertiary alicyclic amines) is 1. The fraction of sp³-hybridized carbons (Fsp3) is 0.562. The van der Waals surface area contributed by atoms with Crippen LogP contribution in [-0.2, 0) is 4.74 Å². The second-order valence-electron chi connectivity index (χ2n) is 6.84. The molecule has 2 aliphatic rings. The molecule has 0 aromatic carbocycles. The lowest BCUT2D eigenvalue weighted by atomic mass is 9.78. The van der Waals surface area contributed by atoms with Crippen LogP contribution < -0.4 is 11.1 Å². The molecule has 0 amide bonds. The number of ether oxygens (including phenoxy) is 1. The first-order chi connectivity index (χ1) is 11.0. The molecule has 0 bridgehead atoms. The van der Waals surface area contributed by atoms with Gasteiger partial charge < -0.3 is 20.7 Å². The van der Waals surface area contributed by atoms with Crippen LogP contribution in [0.3, 0.4) is 0 Å². The third-order valence-corrected chi connectivity index (χ3v) is 4.67. The Kier molecular flexibility index (Phi) is 3.35. The van der Waals surface area contributed by atoms with Gasteiger partial charge in [0.05, 0.1) is 18.6 Å². The Hall–Kier alpha value is -1.99. The van der Waals surface area contributed by atoms with E-state index < -0.39 is 0 Å². The van der Waals surface area contributed by atoms with Crippen LogP contribution in [0, 0.1) is 19.3 Å². The Bertz CT molecular complexity index is 750. The normalized spacial score (nSPS) is 19.6. The first kappa shape index (κ1) is 14.6. The Morgan fingerprint density at radius 2 is 2.04 bits per heavy atom. The average Bonchev–Trinajstić information content (AvgIpc) is 2.37. The van der Waals surface area contributed by atoms with Gasteiger partial charge in [-0.25, -0.2) is 4.98 Å². The van der Waals surface area contributed by atoms with E-state index in [1.165, 1.54) is 0 Å². The molecule has 4 heterocycles. The minimum Gasteiger partial charge on any atom is -0.383 e. The molecule has 122 valence electrons. The van der Waals surface area contributed by atoms with E-state index in [1.54, 1.807) is 0 Å². The Morgan fingerprint density at radius 1 is 1.26 bits per heavy atom. The number of pyridine rings is 1. The molecule has 4 rings (SSSR count). The maximum Gasteiger partial charge on any atom is 0.226 e. The van der Waals surface area contributed by atoms with Crippen LogP contribution in [0.15, 0.2) is 6.07 Å². The summed E-state index contributed by atoms with van der Waals surface area (Å²) in [6.45, 7) is 9.85. The molecule has 7 nitrogen and oxygen atoms in total. The molecule has 0 unspecified atom stereocenters. The van der Waals surface area contributed by atoms with Crippen molar-refractivity contribution in [3.8, 4) is 0 Å². The van der Waals surface area contributed by atoms with E-state index in [1.807, 2.05) is 19.9 Å². The monoisotopic (exact) mass is 314 g/mol. The minimum atomic E-state index is 0.461. The van der Waals surface area contributed by atoms with Crippen molar-refractivity contribution in [2.75, 3.05) is 50.4 Å². The van der Waals surface area contributed by atoms with Crippen LogP contribution in [0.5, 0.6) is 0 Å². The van der Waals surface area contributed by atoms with E-state index in [2.05, 4.69) is 25.2 Å². The van der Waals surface area contributed by atoms with Crippen LogP contribution in [0.4, 0.5) is 11.8 Å². The number of nitrogens with one attached hydrogen (secondary N) is 1. The van der Waals surface area contributed by atoms with E-state index in [9.17, 15) is 0 Å². The van der Waals surface area contributed by atoms with Gasteiger partial charge in [-0.15, -0.1) is 0 Å². The Balaban J connectivity index is 1.41. The van der Waals surface area contributed by atoms with Crippen LogP contribution in [0.1, 0.15) is 11.3 Å². The maximum absolute atomic E-state index is 6.08. The van der Waals surface area contributed by atoms with Crippen molar-refractivity contribution in [3.05, 3.63) is 17.3 Å². The Morgan fingerprint density at radius 3 is 2.74 bits per heavy atom. The summed E-state index contributed by atoms with van der Waals surface area (Å²) in [6.07, 6.45) is 0. The highest BCUT2D eigenvalue weighted by atomic mass is 16.5. The third kappa shape index (κ3) is 2.60. The second-order valence-corrected chi connectivity index (χ2v) is 6.84. The number of fused-ring (bicyclic) bond motifs is 1. The van der Waals surface area contributed by atoms with Crippen molar-refractivity contribution in [3.63, 3.8) is 0 Å². The number of hydrogen-bond donors (Lipinski definition) is 2. The molecule has 0 atom stereocenters. The lowest BCUT2D eigenvalue weighted by Crippen LogP contribution is -2.66. The lowest BCUT2D eigenvalue weighted by Gasteiger charge is -2.55. The van der Waals surface area contributed by atoms with E-state index in [4.69, 9.17) is 10.5 Å². The molecule has 2 aromatic rings. The minimum absolute atomic E-state index is 0.461. The molecule has 23 heavy (non-hydrogen) atoms. The van der Waals surface area contributed by atoms with Gasteiger partial charge in [0.25, 0.3) is 0 Å². The first-order valence-electron chi connectivity index (χ1n) is 8.00. The largest absolute Gasteiger partial charge is 0.383 e. The number of nitrogens with two attached hydrogens (primary N) is 1. The summed E-state index contributed by atoms with van der Waals surface area (Å²) in [4.78, 5) is 15.8. The van der Waals surface area contributed by atoms with Crippen LogP contribution in [0.2, 0.25) is 0 Å². The number of nitrogen functional groups attached to an aromatic ring is 1. The van der Waals surface area contributed by atoms with E-state index in [0.29, 0.717) is 22.8 Å². The number of aryl methyl sites for hydroxylation is 2. The van der Waals surface area contributed by atoms with Gasteiger partial charge in [0.1, 0.15) is 5.82 Å². The summed E-state index contributed by atoms with van der Waals surface area (Å²) in [7, 11) is 0. The summed E-state index contributed by atoms with van der Waals surface area (Å²) < 4.78 is 5.29. The van der Waals surface area contributed by atoms with E-state index in [-0.39, 0.29) is 0 Å². The van der Waals surface area contributed by atoms with Crippen LogP contribution in [-0.4, -0.2) is 59.2 Å². The SMILES string of the molecule is Cc1cc(C)c2c(N)nc(NCCN3CC4(COC4)C3)nc2n1. The predicted octanol–water partition coefficient (Wildman–Crippen LogP) is 0.968. The molecular formula is C16H22N6O. The fourth-order valence-electron chi connectivity index (χ4n) is 3.55. The van der Waals surface area contributed by atoms with Crippen LogP contribution >= 0.6 is 0 Å². The molecule has 2 fully saturated rings. The zero-order valence-electron chi connectivity index (χ0n) is 13.6. The topological polar surface area (TPSA) is 89.2 Å². The zero-order valence-corrected chi connectivity index (χ0v) is 13.6. The molecule has 3 N–H and O–H groups in total. The van der Waals surface area contributed by atoms with Gasteiger partial charge in [0.15, 0.2) is 5.65 Å². The highest BCUT2D eigenvalue weighted by Gasteiger charge is 2.48. The second kappa shape index (κ2) is 5.28. The molecular weight excluding hydrogens is 292 g/mol. The Labute approximate surface area is 135 Å². The maximum atomic E-state index is 6.08. The fourth-order valence-corrected chi connectivity index (χ4v) is 3.55. The number of nitrogens with zero attached hydrogens (tertiary/aromatic N) is 4. The summed E-state index contributed by atoms with van der Waals surface area (Å²) in [5, 5.41) is 4.11. The molecule has 7 heteroatoms. The molecule has 2 saturated heterocycles. The van der Waals surface area contributed by atoms with Crippen molar-refractivity contribution in [1.29, 1.82) is 0 Å².